The van der Waals surface area contributed by atoms with E-state index in [4.69, 9.17) is 0 Å². The maximum absolute atomic E-state index is 9.38. The van der Waals surface area contributed by atoms with Gasteiger partial charge < -0.3 is 10.2 Å². The van der Waals surface area contributed by atoms with Crippen molar-refractivity contribution in [2.45, 2.75) is 45.8 Å². The second-order valence-electron chi connectivity index (χ2n) is 4.46. The molecule has 0 aromatic rings. The van der Waals surface area contributed by atoms with Crippen molar-refractivity contribution in [3.05, 3.63) is 0 Å². The molecule has 1 rings (SSSR count). The summed E-state index contributed by atoms with van der Waals surface area (Å²) < 4.78 is 0. The summed E-state index contributed by atoms with van der Waals surface area (Å²) >= 11 is 0. The summed E-state index contributed by atoms with van der Waals surface area (Å²) in [4.78, 5) is 0. The molecule has 0 spiro atoms. The average molecular weight is 158 g/mol. The van der Waals surface area contributed by atoms with Crippen LogP contribution in [0.5, 0.6) is 0 Å². The third kappa shape index (κ3) is 1.74. The van der Waals surface area contributed by atoms with Crippen LogP contribution in [-0.4, -0.2) is 22.4 Å². The van der Waals surface area contributed by atoms with Crippen LogP contribution in [0.4, 0.5) is 0 Å². The summed E-state index contributed by atoms with van der Waals surface area (Å²) in [7, 11) is 0. The molecule has 1 aliphatic carbocycles. The summed E-state index contributed by atoms with van der Waals surface area (Å²) in [5, 5.41) is 18.7. The van der Waals surface area contributed by atoms with E-state index in [9.17, 15) is 10.2 Å². The van der Waals surface area contributed by atoms with Crippen LogP contribution in [0, 0.1) is 11.3 Å². The molecule has 2 N–H and O–H groups in total. The van der Waals surface area contributed by atoms with Gasteiger partial charge in [-0.3, -0.25) is 0 Å². The Balaban J connectivity index is 2.63. The van der Waals surface area contributed by atoms with Crippen LogP contribution in [0.3, 0.4) is 0 Å². The van der Waals surface area contributed by atoms with Crippen molar-refractivity contribution in [3.63, 3.8) is 0 Å². The average Bonchev–Trinajstić information content (AvgIpc) is 1.83. The van der Waals surface area contributed by atoms with E-state index < -0.39 is 12.2 Å². The summed E-state index contributed by atoms with van der Waals surface area (Å²) in [5.74, 6) is 0.501. The zero-order valence-electron chi connectivity index (χ0n) is 7.54. The van der Waals surface area contributed by atoms with Crippen LogP contribution >= 0.6 is 0 Å². The zero-order valence-corrected chi connectivity index (χ0v) is 7.54. The lowest BCUT2D eigenvalue weighted by Gasteiger charge is -2.41. The third-order valence-corrected chi connectivity index (χ3v) is 3.11. The molecule has 0 amide bonds. The van der Waals surface area contributed by atoms with Crippen LogP contribution in [0.25, 0.3) is 0 Å². The Hall–Kier alpha value is -0.0800. The minimum atomic E-state index is -0.513. The minimum absolute atomic E-state index is 0.179. The van der Waals surface area contributed by atoms with Gasteiger partial charge in [-0.1, -0.05) is 20.8 Å². The first kappa shape index (κ1) is 9.01. The summed E-state index contributed by atoms with van der Waals surface area (Å²) in [6.07, 6.45) is 0.433. The highest BCUT2D eigenvalue weighted by Gasteiger charge is 2.37. The van der Waals surface area contributed by atoms with Gasteiger partial charge in [-0.2, -0.15) is 0 Å². The number of rotatable bonds is 0. The van der Waals surface area contributed by atoms with Crippen LogP contribution in [0.2, 0.25) is 0 Å². The van der Waals surface area contributed by atoms with Crippen LogP contribution in [0.15, 0.2) is 0 Å². The number of hydrogen-bond donors (Lipinski definition) is 2. The first-order valence-electron chi connectivity index (χ1n) is 4.29. The Morgan fingerprint density at radius 2 is 1.73 bits per heavy atom. The van der Waals surface area contributed by atoms with Gasteiger partial charge in [0.15, 0.2) is 0 Å². The molecule has 1 unspecified atom stereocenters. The van der Waals surface area contributed by atoms with E-state index in [0.717, 1.165) is 12.8 Å². The minimum Gasteiger partial charge on any atom is -0.390 e. The molecule has 0 aromatic heterocycles. The Kier molecular flexibility index (Phi) is 2.26. The predicted octanol–water partition coefficient (Wildman–Crippen LogP) is 1.16. The lowest BCUT2D eigenvalue weighted by atomic mass is 9.68. The van der Waals surface area contributed by atoms with Gasteiger partial charge in [-0.05, 0) is 24.2 Å². The summed E-state index contributed by atoms with van der Waals surface area (Å²) in [5.41, 5.74) is 0.179. The lowest BCUT2D eigenvalue weighted by molar-refractivity contribution is -0.0687. The Bertz CT molecular complexity index is 142. The maximum atomic E-state index is 9.38. The molecule has 2 nitrogen and oxygen atoms in total. The lowest BCUT2D eigenvalue weighted by Crippen LogP contribution is -2.42. The first-order valence-corrected chi connectivity index (χ1v) is 4.29. The molecule has 0 saturated heterocycles. The smallest absolute Gasteiger partial charge is 0.0804 e. The SMILES string of the molecule is CC1C[C@@H](O)[C@@H](O)CC1(C)C. The van der Waals surface area contributed by atoms with E-state index in [1.807, 2.05) is 0 Å². The van der Waals surface area contributed by atoms with Crippen molar-refractivity contribution < 1.29 is 10.2 Å². The van der Waals surface area contributed by atoms with Gasteiger partial charge in [0.1, 0.15) is 0 Å². The Morgan fingerprint density at radius 1 is 1.18 bits per heavy atom. The van der Waals surface area contributed by atoms with Crippen molar-refractivity contribution >= 4 is 0 Å². The highest BCUT2D eigenvalue weighted by molar-refractivity contribution is 4.88. The van der Waals surface area contributed by atoms with Gasteiger partial charge in [0.05, 0.1) is 12.2 Å². The quantitative estimate of drug-likeness (QED) is 0.555. The molecule has 2 heteroatoms. The van der Waals surface area contributed by atoms with E-state index in [1.165, 1.54) is 0 Å². The first-order chi connectivity index (χ1) is 4.93. The molecule has 0 heterocycles. The van der Waals surface area contributed by atoms with Crippen LogP contribution in [0.1, 0.15) is 33.6 Å². The molecule has 0 aliphatic heterocycles. The van der Waals surface area contributed by atoms with Crippen molar-refractivity contribution in [3.8, 4) is 0 Å². The largest absolute Gasteiger partial charge is 0.390 e. The van der Waals surface area contributed by atoms with E-state index in [1.54, 1.807) is 0 Å². The highest BCUT2D eigenvalue weighted by atomic mass is 16.3. The maximum Gasteiger partial charge on any atom is 0.0804 e. The Morgan fingerprint density at radius 3 is 2.18 bits per heavy atom. The molecule has 1 saturated carbocycles. The monoisotopic (exact) mass is 158 g/mol. The van der Waals surface area contributed by atoms with Crippen molar-refractivity contribution in [2.75, 3.05) is 0 Å². The van der Waals surface area contributed by atoms with Gasteiger partial charge in [0.25, 0.3) is 0 Å². The van der Waals surface area contributed by atoms with Gasteiger partial charge in [-0.15, -0.1) is 0 Å². The van der Waals surface area contributed by atoms with Crippen molar-refractivity contribution in [1.82, 2.24) is 0 Å². The molecule has 3 atom stereocenters. The molecule has 11 heavy (non-hydrogen) atoms. The number of hydrogen-bond acceptors (Lipinski definition) is 2. The highest BCUT2D eigenvalue weighted by Crippen LogP contribution is 2.40. The predicted molar refractivity (Wildman–Crippen MR) is 44.2 cm³/mol. The summed E-state index contributed by atoms with van der Waals surface area (Å²) in [6, 6.07) is 0. The van der Waals surface area contributed by atoms with E-state index in [0.29, 0.717) is 5.92 Å². The third-order valence-electron chi connectivity index (χ3n) is 3.11. The fourth-order valence-corrected chi connectivity index (χ4v) is 1.71. The molecular weight excluding hydrogens is 140 g/mol. The second kappa shape index (κ2) is 2.76. The fraction of sp³-hybridized carbons (Fsp3) is 1.00. The van der Waals surface area contributed by atoms with Gasteiger partial charge in [-0.25, -0.2) is 0 Å². The van der Waals surface area contributed by atoms with Crippen LogP contribution in [-0.2, 0) is 0 Å². The van der Waals surface area contributed by atoms with Crippen molar-refractivity contribution in [1.29, 1.82) is 0 Å². The number of aliphatic hydroxyl groups excluding tert-OH is 2. The molecule has 1 aliphatic rings. The van der Waals surface area contributed by atoms with Gasteiger partial charge in [0.2, 0.25) is 0 Å². The van der Waals surface area contributed by atoms with Gasteiger partial charge in [0, 0.05) is 0 Å². The number of aliphatic hydroxyl groups is 2. The normalized spacial score (nSPS) is 43.9. The fourth-order valence-electron chi connectivity index (χ4n) is 1.71. The molecule has 0 aromatic carbocycles. The van der Waals surface area contributed by atoms with E-state index in [-0.39, 0.29) is 5.41 Å². The molecular formula is C9H18O2. The molecule has 0 radical (unpaired) electrons. The topological polar surface area (TPSA) is 40.5 Å². The summed E-state index contributed by atoms with van der Waals surface area (Å²) in [6.45, 7) is 6.43. The molecule has 66 valence electrons. The Labute approximate surface area is 68.2 Å². The molecule has 1 fully saturated rings. The van der Waals surface area contributed by atoms with Crippen molar-refractivity contribution in [2.24, 2.45) is 11.3 Å². The second-order valence-corrected chi connectivity index (χ2v) is 4.46. The standard InChI is InChI=1S/C9H18O2/c1-6-4-7(10)8(11)5-9(6,2)3/h6-8,10-11H,4-5H2,1-3H3/t6?,7-,8+/m1/s1. The van der Waals surface area contributed by atoms with E-state index in [2.05, 4.69) is 20.8 Å². The molecule has 0 bridgehead atoms. The van der Waals surface area contributed by atoms with E-state index >= 15 is 0 Å². The van der Waals surface area contributed by atoms with Crippen LogP contribution < -0.4 is 0 Å². The van der Waals surface area contributed by atoms with Gasteiger partial charge >= 0.3 is 0 Å². The zero-order chi connectivity index (χ0) is 8.65.